The molecule has 0 aromatic heterocycles. The van der Waals surface area contributed by atoms with E-state index in [1.165, 1.54) is 35.3 Å². The van der Waals surface area contributed by atoms with E-state index < -0.39 is 8.80 Å². The Morgan fingerprint density at radius 3 is 2.35 bits per heavy atom. The third-order valence-electron chi connectivity index (χ3n) is 3.86. The number of rotatable bonds is 5. The summed E-state index contributed by atoms with van der Waals surface area (Å²) in [5, 5.41) is 2.84. The van der Waals surface area contributed by atoms with Crippen LogP contribution in [0.1, 0.15) is 19.4 Å². The van der Waals surface area contributed by atoms with Crippen molar-refractivity contribution in [3.8, 4) is 0 Å². The van der Waals surface area contributed by atoms with Crippen LogP contribution in [0, 0.1) is 0 Å². The Labute approximate surface area is 106 Å². The van der Waals surface area contributed by atoms with Gasteiger partial charge in [0.2, 0.25) is 0 Å². The first-order chi connectivity index (χ1) is 8.35. The van der Waals surface area contributed by atoms with Gasteiger partial charge in [-0.2, -0.15) is 0 Å². The van der Waals surface area contributed by atoms with Gasteiger partial charge < -0.3 is 0 Å². The zero-order valence-corrected chi connectivity index (χ0v) is 12.1. The summed E-state index contributed by atoms with van der Waals surface area (Å²) in [4.78, 5) is 0. The van der Waals surface area contributed by atoms with E-state index in [9.17, 15) is 0 Å². The van der Waals surface area contributed by atoms with Crippen LogP contribution < -0.4 is 0 Å². The molecule has 0 fully saturated rings. The van der Waals surface area contributed by atoms with Crippen molar-refractivity contribution in [3.05, 3.63) is 48.0 Å². The fraction of sp³-hybridized carbons (Fsp3) is 0.375. The zero-order valence-electron chi connectivity index (χ0n) is 10.9. The summed E-state index contributed by atoms with van der Waals surface area (Å²) < 4.78 is 0. The quantitative estimate of drug-likeness (QED) is 0.670. The molecule has 0 radical (unpaired) electrons. The molecule has 2 aromatic carbocycles. The van der Waals surface area contributed by atoms with Crippen molar-refractivity contribution < 1.29 is 0 Å². The molecule has 17 heavy (non-hydrogen) atoms. The lowest BCUT2D eigenvalue weighted by atomic mass is 10.0. The third-order valence-corrected chi connectivity index (χ3v) is 7.27. The molecule has 0 bridgehead atoms. The molecule has 0 atom stereocenters. The molecule has 0 aliphatic carbocycles. The van der Waals surface area contributed by atoms with Gasteiger partial charge in [-0.3, -0.25) is 0 Å². The van der Waals surface area contributed by atoms with Gasteiger partial charge in [-0.05, 0) is 22.8 Å². The topological polar surface area (TPSA) is 0 Å². The summed E-state index contributed by atoms with van der Waals surface area (Å²) in [6.45, 7) is 4.73. The van der Waals surface area contributed by atoms with Crippen LogP contribution in [-0.4, -0.2) is 8.80 Å². The summed E-state index contributed by atoms with van der Waals surface area (Å²) in [5.41, 5.74) is 1.54. The van der Waals surface area contributed by atoms with Crippen LogP contribution in [0.3, 0.4) is 0 Å². The molecule has 90 valence electrons. The number of benzene rings is 2. The van der Waals surface area contributed by atoms with Crippen LogP contribution in [0.15, 0.2) is 42.5 Å². The molecule has 0 unspecified atom stereocenters. The summed E-state index contributed by atoms with van der Waals surface area (Å²) in [6.07, 6.45) is 1.28. The van der Waals surface area contributed by atoms with Gasteiger partial charge in [0.25, 0.3) is 0 Å². The fourth-order valence-electron chi connectivity index (χ4n) is 2.57. The van der Waals surface area contributed by atoms with Crippen molar-refractivity contribution in [2.45, 2.75) is 38.4 Å². The number of aryl methyl sites for hydroxylation is 1. The van der Waals surface area contributed by atoms with E-state index in [0.29, 0.717) is 0 Å². The average Bonchev–Trinajstić information content (AvgIpc) is 2.40. The highest BCUT2D eigenvalue weighted by Crippen LogP contribution is 2.21. The van der Waals surface area contributed by atoms with Crippen LogP contribution in [0.25, 0.3) is 10.8 Å². The molecule has 0 nitrogen and oxygen atoms in total. The Hall–Kier alpha value is -1.08. The first-order valence-electron chi connectivity index (χ1n) is 6.81. The summed E-state index contributed by atoms with van der Waals surface area (Å²) in [7, 11) is -0.442. The lowest BCUT2D eigenvalue weighted by Crippen LogP contribution is -2.09. The lowest BCUT2D eigenvalue weighted by molar-refractivity contribution is 1.09. The van der Waals surface area contributed by atoms with Crippen molar-refractivity contribution in [2.24, 2.45) is 0 Å². The maximum absolute atomic E-state index is 2.36. The van der Waals surface area contributed by atoms with Gasteiger partial charge in [-0.1, -0.05) is 74.4 Å². The Kier molecular flexibility index (Phi) is 4.38. The second-order valence-electron chi connectivity index (χ2n) is 4.86. The van der Waals surface area contributed by atoms with Gasteiger partial charge in [0, 0.05) is 8.80 Å². The standard InChI is InChI=1S/C16H22Si/c1-3-17(4-2)13-12-15-10-7-9-14-8-5-6-11-16(14)15/h5-11,17H,3-4,12-13H2,1-2H3. The van der Waals surface area contributed by atoms with Gasteiger partial charge in [0.1, 0.15) is 0 Å². The molecule has 0 aliphatic heterocycles. The molecule has 2 rings (SSSR count). The van der Waals surface area contributed by atoms with E-state index in [0.717, 1.165) is 0 Å². The second-order valence-corrected chi connectivity index (χ2v) is 8.80. The first-order valence-corrected chi connectivity index (χ1v) is 9.26. The number of fused-ring (bicyclic) bond motifs is 1. The van der Waals surface area contributed by atoms with E-state index in [4.69, 9.17) is 0 Å². The SMILES string of the molecule is CC[SiH](CC)CCc1cccc2ccccc12. The van der Waals surface area contributed by atoms with Gasteiger partial charge in [0.15, 0.2) is 0 Å². The van der Waals surface area contributed by atoms with Gasteiger partial charge in [-0.25, -0.2) is 0 Å². The van der Waals surface area contributed by atoms with Crippen LogP contribution >= 0.6 is 0 Å². The summed E-state index contributed by atoms with van der Waals surface area (Å²) >= 11 is 0. The van der Waals surface area contributed by atoms with Crippen molar-refractivity contribution in [3.63, 3.8) is 0 Å². The Morgan fingerprint density at radius 1 is 0.882 bits per heavy atom. The van der Waals surface area contributed by atoms with Crippen molar-refractivity contribution in [1.29, 1.82) is 0 Å². The van der Waals surface area contributed by atoms with Gasteiger partial charge >= 0.3 is 0 Å². The Balaban J connectivity index is 2.18. The maximum Gasteiger partial charge on any atom is 0.0365 e. The molecule has 0 saturated carbocycles. The predicted molar refractivity (Wildman–Crippen MR) is 80.6 cm³/mol. The normalized spacial score (nSPS) is 11.2. The van der Waals surface area contributed by atoms with E-state index >= 15 is 0 Å². The highest BCUT2D eigenvalue weighted by molar-refractivity contribution is 6.58. The fourth-order valence-corrected chi connectivity index (χ4v) is 4.68. The minimum Gasteiger partial charge on any atom is -0.0680 e. The molecular formula is C16H22Si. The van der Waals surface area contributed by atoms with E-state index in [-0.39, 0.29) is 0 Å². The third kappa shape index (κ3) is 2.98. The number of hydrogen-bond donors (Lipinski definition) is 0. The predicted octanol–water partition coefficient (Wildman–Crippen LogP) is 4.65. The van der Waals surface area contributed by atoms with E-state index in [1.807, 2.05) is 0 Å². The van der Waals surface area contributed by atoms with Crippen LogP contribution in [-0.2, 0) is 6.42 Å². The van der Waals surface area contributed by atoms with Crippen molar-refractivity contribution in [1.82, 2.24) is 0 Å². The monoisotopic (exact) mass is 242 g/mol. The largest absolute Gasteiger partial charge is 0.0680 e. The van der Waals surface area contributed by atoms with Gasteiger partial charge in [-0.15, -0.1) is 0 Å². The maximum atomic E-state index is 2.36. The minimum absolute atomic E-state index is 0.442. The lowest BCUT2D eigenvalue weighted by Gasteiger charge is -2.11. The van der Waals surface area contributed by atoms with Crippen molar-refractivity contribution >= 4 is 19.6 Å². The second kappa shape index (κ2) is 6.01. The first kappa shape index (κ1) is 12.4. The van der Waals surface area contributed by atoms with Crippen LogP contribution in [0.2, 0.25) is 18.1 Å². The average molecular weight is 242 g/mol. The Morgan fingerprint density at radius 2 is 1.59 bits per heavy atom. The molecule has 0 aliphatic rings. The summed E-state index contributed by atoms with van der Waals surface area (Å²) in [6, 6.07) is 19.8. The molecule has 2 aromatic rings. The molecule has 1 heteroatoms. The molecular weight excluding hydrogens is 220 g/mol. The van der Waals surface area contributed by atoms with Crippen LogP contribution in [0.5, 0.6) is 0 Å². The van der Waals surface area contributed by atoms with Gasteiger partial charge in [0.05, 0.1) is 0 Å². The molecule has 0 saturated heterocycles. The van der Waals surface area contributed by atoms with E-state index in [2.05, 4.69) is 56.3 Å². The van der Waals surface area contributed by atoms with Crippen LogP contribution in [0.4, 0.5) is 0 Å². The summed E-state index contributed by atoms with van der Waals surface area (Å²) in [5.74, 6) is 0. The molecule has 0 amide bonds. The molecule has 0 heterocycles. The number of hydrogen-bond acceptors (Lipinski definition) is 0. The minimum atomic E-state index is -0.442. The smallest absolute Gasteiger partial charge is 0.0365 e. The van der Waals surface area contributed by atoms with E-state index in [1.54, 1.807) is 5.56 Å². The molecule has 0 N–H and O–H groups in total. The van der Waals surface area contributed by atoms with Crippen molar-refractivity contribution in [2.75, 3.05) is 0 Å². The zero-order chi connectivity index (χ0) is 12.1. The molecule has 0 spiro atoms. The highest BCUT2D eigenvalue weighted by atomic mass is 28.3. The Bertz CT molecular complexity index is 466. The highest BCUT2D eigenvalue weighted by Gasteiger charge is 2.07.